The molecule has 0 saturated heterocycles. The molecule has 0 fully saturated rings. The molecule has 1 rings (SSSR count). The van der Waals surface area contributed by atoms with Crippen LogP contribution in [0.2, 0.25) is 5.02 Å². The molecule has 0 radical (unpaired) electrons. The molecule has 1 atom stereocenters. The quantitative estimate of drug-likeness (QED) is 0.878. The summed E-state index contributed by atoms with van der Waals surface area (Å²) < 4.78 is 4.53. The van der Waals surface area contributed by atoms with Crippen LogP contribution in [0.4, 0.5) is 10.5 Å². The van der Waals surface area contributed by atoms with E-state index in [1.165, 1.54) is 7.11 Å². The maximum Gasteiger partial charge on any atom is 0.407 e. The maximum absolute atomic E-state index is 12.2. The van der Waals surface area contributed by atoms with Crippen LogP contribution in [0.5, 0.6) is 0 Å². The van der Waals surface area contributed by atoms with Gasteiger partial charge < -0.3 is 15.4 Å². The minimum Gasteiger partial charge on any atom is -0.453 e. The molecule has 0 bridgehead atoms. The summed E-state index contributed by atoms with van der Waals surface area (Å²) in [6.45, 7) is 3.93. The second-order valence-electron chi connectivity index (χ2n) is 4.79. The molecule has 0 aliphatic carbocycles. The van der Waals surface area contributed by atoms with Gasteiger partial charge in [-0.25, -0.2) is 4.79 Å². The number of carbonyl (C=O) groups is 2. The Labute approximate surface area is 123 Å². The predicted molar refractivity (Wildman–Crippen MR) is 78.9 cm³/mol. The van der Waals surface area contributed by atoms with Crippen molar-refractivity contribution in [1.29, 1.82) is 0 Å². The molecule has 2 amide bonds. The minimum absolute atomic E-state index is 0.245. The maximum atomic E-state index is 12.2. The Balaban J connectivity index is 2.77. The molecule has 5 nitrogen and oxygen atoms in total. The van der Waals surface area contributed by atoms with E-state index in [0.717, 1.165) is 0 Å². The number of hydrogen-bond acceptors (Lipinski definition) is 3. The number of para-hydroxylation sites is 1. The van der Waals surface area contributed by atoms with Gasteiger partial charge in [0, 0.05) is 0 Å². The van der Waals surface area contributed by atoms with Gasteiger partial charge in [0.25, 0.3) is 0 Å². The van der Waals surface area contributed by atoms with E-state index in [-0.39, 0.29) is 11.8 Å². The number of nitrogens with one attached hydrogen (secondary N) is 2. The van der Waals surface area contributed by atoms with Crippen molar-refractivity contribution in [3.8, 4) is 0 Å². The molecule has 0 spiro atoms. The van der Waals surface area contributed by atoms with E-state index in [1.54, 1.807) is 24.3 Å². The zero-order chi connectivity index (χ0) is 15.1. The molecule has 0 heterocycles. The first-order valence-electron chi connectivity index (χ1n) is 6.34. The summed E-state index contributed by atoms with van der Waals surface area (Å²) in [4.78, 5) is 23.5. The van der Waals surface area contributed by atoms with Crippen LogP contribution in [0.15, 0.2) is 24.3 Å². The smallest absolute Gasteiger partial charge is 0.407 e. The lowest BCUT2D eigenvalue weighted by Crippen LogP contribution is -2.44. The number of methoxy groups -OCH3 is 1. The van der Waals surface area contributed by atoms with E-state index < -0.39 is 12.1 Å². The molecule has 0 aliphatic rings. The SMILES string of the molecule is COC(=O)NC(CC(C)C)C(=O)Nc1ccccc1Cl. The highest BCUT2D eigenvalue weighted by molar-refractivity contribution is 6.33. The van der Waals surface area contributed by atoms with E-state index in [0.29, 0.717) is 17.1 Å². The first kappa shape index (κ1) is 16.3. The third-order valence-corrected chi connectivity index (χ3v) is 2.96. The second-order valence-corrected chi connectivity index (χ2v) is 5.19. The van der Waals surface area contributed by atoms with Gasteiger partial charge in [0.1, 0.15) is 6.04 Å². The first-order valence-corrected chi connectivity index (χ1v) is 6.71. The number of rotatable bonds is 5. The van der Waals surface area contributed by atoms with Gasteiger partial charge in [-0.2, -0.15) is 0 Å². The van der Waals surface area contributed by atoms with Gasteiger partial charge in [0.05, 0.1) is 17.8 Å². The summed E-state index contributed by atoms with van der Waals surface area (Å²) in [6.07, 6.45) is -0.129. The van der Waals surface area contributed by atoms with Gasteiger partial charge in [-0.05, 0) is 24.5 Å². The van der Waals surface area contributed by atoms with Crippen LogP contribution in [-0.4, -0.2) is 25.2 Å². The fourth-order valence-corrected chi connectivity index (χ4v) is 1.87. The lowest BCUT2D eigenvalue weighted by molar-refractivity contribution is -0.118. The molecule has 1 aromatic carbocycles. The first-order chi connectivity index (χ1) is 9.43. The third kappa shape index (κ3) is 5.09. The Morgan fingerprint density at radius 3 is 2.50 bits per heavy atom. The third-order valence-electron chi connectivity index (χ3n) is 2.63. The van der Waals surface area contributed by atoms with Crippen molar-refractivity contribution in [2.24, 2.45) is 5.92 Å². The number of anilines is 1. The van der Waals surface area contributed by atoms with Crippen molar-refractivity contribution in [2.45, 2.75) is 26.3 Å². The van der Waals surface area contributed by atoms with Crippen LogP contribution in [0.25, 0.3) is 0 Å². The summed E-state index contributed by atoms with van der Waals surface area (Å²) in [5.74, 6) is -0.0775. The summed E-state index contributed by atoms with van der Waals surface area (Å²) in [5.41, 5.74) is 0.514. The normalized spacial score (nSPS) is 11.8. The fraction of sp³-hybridized carbons (Fsp3) is 0.429. The number of halogens is 1. The van der Waals surface area contributed by atoms with E-state index in [9.17, 15) is 9.59 Å². The molecule has 110 valence electrons. The van der Waals surface area contributed by atoms with Gasteiger partial charge in [-0.1, -0.05) is 37.6 Å². The zero-order valence-corrected chi connectivity index (χ0v) is 12.5. The van der Waals surface area contributed by atoms with Gasteiger partial charge in [0.15, 0.2) is 0 Å². The van der Waals surface area contributed by atoms with Crippen molar-refractivity contribution in [3.05, 3.63) is 29.3 Å². The van der Waals surface area contributed by atoms with Gasteiger partial charge in [-0.3, -0.25) is 4.79 Å². The topological polar surface area (TPSA) is 67.4 Å². The van der Waals surface area contributed by atoms with E-state index >= 15 is 0 Å². The lowest BCUT2D eigenvalue weighted by atomic mass is 10.0. The van der Waals surface area contributed by atoms with Crippen molar-refractivity contribution >= 4 is 29.3 Å². The highest BCUT2D eigenvalue weighted by Crippen LogP contribution is 2.21. The Kier molecular flexibility index (Phi) is 6.31. The number of hydrogen-bond donors (Lipinski definition) is 2. The van der Waals surface area contributed by atoms with Gasteiger partial charge >= 0.3 is 6.09 Å². The highest BCUT2D eigenvalue weighted by Gasteiger charge is 2.22. The van der Waals surface area contributed by atoms with E-state index in [1.807, 2.05) is 13.8 Å². The minimum atomic E-state index is -0.668. The monoisotopic (exact) mass is 298 g/mol. The molecular weight excluding hydrogens is 280 g/mol. The van der Waals surface area contributed by atoms with E-state index in [4.69, 9.17) is 11.6 Å². The number of carbonyl (C=O) groups excluding carboxylic acids is 2. The summed E-state index contributed by atoms with van der Waals surface area (Å²) >= 11 is 5.98. The van der Waals surface area contributed by atoms with Crippen LogP contribution >= 0.6 is 11.6 Å². The molecular formula is C14H19ClN2O3. The average molecular weight is 299 g/mol. The van der Waals surface area contributed by atoms with Crippen molar-refractivity contribution in [1.82, 2.24) is 5.32 Å². The molecule has 2 N–H and O–H groups in total. The van der Waals surface area contributed by atoms with Crippen molar-refractivity contribution in [3.63, 3.8) is 0 Å². The Bertz CT molecular complexity index is 477. The lowest BCUT2D eigenvalue weighted by Gasteiger charge is -2.19. The summed E-state index contributed by atoms with van der Waals surface area (Å²) in [6, 6.07) is 6.26. The van der Waals surface area contributed by atoms with Crippen molar-refractivity contribution in [2.75, 3.05) is 12.4 Å². The van der Waals surface area contributed by atoms with Crippen LogP contribution in [-0.2, 0) is 9.53 Å². The molecule has 20 heavy (non-hydrogen) atoms. The Morgan fingerprint density at radius 2 is 1.95 bits per heavy atom. The highest BCUT2D eigenvalue weighted by atomic mass is 35.5. The fourth-order valence-electron chi connectivity index (χ4n) is 1.69. The molecule has 6 heteroatoms. The molecule has 0 aliphatic heterocycles. The number of benzene rings is 1. The largest absolute Gasteiger partial charge is 0.453 e. The molecule has 0 saturated carbocycles. The number of amides is 2. The van der Waals surface area contributed by atoms with Crippen LogP contribution in [0.3, 0.4) is 0 Å². The second kappa shape index (κ2) is 7.75. The van der Waals surface area contributed by atoms with Crippen LogP contribution < -0.4 is 10.6 Å². The number of ether oxygens (including phenoxy) is 1. The standard InChI is InChI=1S/C14H19ClN2O3/c1-9(2)8-12(17-14(19)20-3)13(18)16-11-7-5-4-6-10(11)15/h4-7,9,12H,8H2,1-3H3,(H,16,18)(H,17,19). The Hall–Kier alpha value is -1.75. The average Bonchev–Trinajstić information content (AvgIpc) is 2.39. The van der Waals surface area contributed by atoms with Crippen LogP contribution in [0, 0.1) is 5.92 Å². The molecule has 1 aromatic rings. The molecule has 1 unspecified atom stereocenters. The van der Waals surface area contributed by atoms with Crippen LogP contribution in [0.1, 0.15) is 20.3 Å². The summed E-state index contributed by atoms with van der Waals surface area (Å²) in [7, 11) is 1.26. The van der Waals surface area contributed by atoms with Gasteiger partial charge in [-0.15, -0.1) is 0 Å². The zero-order valence-electron chi connectivity index (χ0n) is 11.8. The summed E-state index contributed by atoms with van der Waals surface area (Å²) in [5, 5.41) is 5.67. The molecule has 0 aromatic heterocycles. The number of alkyl carbamates (subject to hydrolysis) is 1. The Morgan fingerprint density at radius 1 is 1.30 bits per heavy atom. The predicted octanol–water partition coefficient (Wildman–Crippen LogP) is 3.05. The van der Waals surface area contributed by atoms with Gasteiger partial charge in [0.2, 0.25) is 5.91 Å². The van der Waals surface area contributed by atoms with E-state index in [2.05, 4.69) is 15.4 Å². The van der Waals surface area contributed by atoms with Crippen molar-refractivity contribution < 1.29 is 14.3 Å².